The second-order valence-electron chi connectivity index (χ2n) is 6.30. The average Bonchev–Trinajstić information content (AvgIpc) is 2.82. The molecule has 96 valence electrons. The first-order valence-electron chi connectivity index (χ1n) is 7.32. The van der Waals surface area contributed by atoms with Crippen molar-refractivity contribution >= 4 is 5.97 Å². The molecule has 3 saturated carbocycles. The van der Waals surface area contributed by atoms with Crippen molar-refractivity contribution in [2.45, 2.75) is 51.4 Å². The Bertz CT molecular complexity index is 491. The van der Waals surface area contributed by atoms with Gasteiger partial charge in [0.1, 0.15) is 0 Å². The first-order valence-corrected chi connectivity index (χ1v) is 7.32. The number of rotatable bonds is 1. The first kappa shape index (κ1) is 10.8. The number of carbonyl (C=O) groups is 1. The molecule has 0 saturated heterocycles. The van der Waals surface area contributed by atoms with Crippen molar-refractivity contribution in [2.24, 2.45) is 11.3 Å². The minimum atomic E-state index is -0.0344. The largest absolute Gasteiger partial charge is 0.466 e. The Morgan fingerprint density at radius 1 is 1.17 bits per heavy atom. The number of fused-ring (bicyclic) bond motifs is 3. The molecule has 4 aliphatic rings. The van der Waals surface area contributed by atoms with Crippen LogP contribution < -0.4 is 0 Å². The third-order valence-corrected chi connectivity index (χ3v) is 5.61. The van der Waals surface area contributed by atoms with Crippen molar-refractivity contribution in [3.8, 4) is 0 Å². The number of methoxy groups -OCH3 is 1. The lowest BCUT2D eigenvalue weighted by Gasteiger charge is -2.33. The van der Waals surface area contributed by atoms with E-state index in [1.54, 1.807) is 11.1 Å². The lowest BCUT2D eigenvalue weighted by Crippen LogP contribution is -2.28. The van der Waals surface area contributed by atoms with Gasteiger partial charge in [-0.25, -0.2) is 4.79 Å². The molecule has 0 amide bonds. The van der Waals surface area contributed by atoms with Crippen LogP contribution in [0.2, 0.25) is 0 Å². The van der Waals surface area contributed by atoms with Gasteiger partial charge in [-0.3, -0.25) is 0 Å². The molecule has 0 aromatic carbocycles. The predicted molar refractivity (Wildman–Crippen MR) is 68.9 cm³/mol. The molecule has 4 aliphatic carbocycles. The molecule has 0 heterocycles. The summed E-state index contributed by atoms with van der Waals surface area (Å²) in [5.74, 6) is 0.649. The highest BCUT2D eigenvalue weighted by Crippen LogP contribution is 2.68. The fourth-order valence-corrected chi connectivity index (χ4v) is 4.83. The van der Waals surface area contributed by atoms with Crippen molar-refractivity contribution in [1.29, 1.82) is 0 Å². The zero-order valence-corrected chi connectivity index (χ0v) is 11.1. The number of carbonyl (C=O) groups excluding carboxylic acids is 1. The van der Waals surface area contributed by atoms with Crippen LogP contribution in [0.1, 0.15) is 51.4 Å². The van der Waals surface area contributed by atoms with Gasteiger partial charge in [-0.05, 0) is 68.4 Å². The molecule has 2 nitrogen and oxygen atoms in total. The lowest BCUT2D eigenvalue weighted by atomic mass is 9.70. The van der Waals surface area contributed by atoms with Gasteiger partial charge in [-0.15, -0.1) is 0 Å². The standard InChI is InChI=1S/C16H20O2/c1-18-15(17)14-12-6-2-4-10(12)11-5-3-7-13(11)16(14)8-9-16/h13H,2-9H2,1H3. The monoisotopic (exact) mass is 244 g/mol. The molecule has 0 radical (unpaired) electrons. The van der Waals surface area contributed by atoms with E-state index in [4.69, 9.17) is 4.74 Å². The van der Waals surface area contributed by atoms with Gasteiger partial charge in [-0.1, -0.05) is 5.57 Å². The van der Waals surface area contributed by atoms with Gasteiger partial charge in [0.05, 0.1) is 7.11 Å². The van der Waals surface area contributed by atoms with Crippen LogP contribution in [-0.4, -0.2) is 13.1 Å². The summed E-state index contributed by atoms with van der Waals surface area (Å²) >= 11 is 0. The molecule has 0 aromatic heterocycles. The van der Waals surface area contributed by atoms with Crippen molar-refractivity contribution in [3.63, 3.8) is 0 Å². The molecular formula is C16H20O2. The third kappa shape index (κ3) is 1.17. The maximum Gasteiger partial charge on any atom is 0.334 e. The van der Waals surface area contributed by atoms with E-state index in [1.165, 1.54) is 57.6 Å². The van der Waals surface area contributed by atoms with Crippen LogP contribution in [0.4, 0.5) is 0 Å². The van der Waals surface area contributed by atoms with E-state index >= 15 is 0 Å². The summed E-state index contributed by atoms with van der Waals surface area (Å²) in [5.41, 5.74) is 5.99. The minimum Gasteiger partial charge on any atom is -0.466 e. The summed E-state index contributed by atoms with van der Waals surface area (Å²) in [6.07, 6.45) is 9.89. The van der Waals surface area contributed by atoms with E-state index in [-0.39, 0.29) is 11.4 Å². The van der Waals surface area contributed by atoms with Crippen molar-refractivity contribution < 1.29 is 9.53 Å². The Morgan fingerprint density at radius 3 is 2.67 bits per heavy atom. The van der Waals surface area contributed by atoms with Crippen LogP contribution in [0.5, 0.6) is 0 Å². The van der Waals surface area contributed by atoms with E-state index in [1.807, 2.05) is 0 Å². The number of hydrogen-bond acceptors (Lipinski definition) is 2. The van der Waals surface area contributed by atoms with Crippen molar-refractivity contribution in [3.05, 3.63) is 22.3 Å². The number of ether oxygens (including phenoxy) is 1. The smallest absolute Gasteiger partial charge is 0.334 e. The molecule has 4 rings (SSSR count). The van der Waals surface area contributed by atoms with Crippen LogP contribution >= 0.6 is 0 Å². The van der Waals surface area contributed by atoms with Crippen LogP contribution in [0.25, 0.3) is 0 Å². The summed E-state index contributed by atoms with van der Waals surface area (Å²) in [7, 11) is 1.54. The van der Waals surface area contributed by atoms with Crippen molar-refractivity contribution in [2.75, 3.05) is 7.11 Å². The Hall–Kier alpha value is -1.05. The highest BCUT2D eigenvalue weighted by Gasteiger charge is 2.59. The molecule has 0 aromatic rings. The Labute approximate surface area is 108 Å². The van der Waals surface area contributed by atoms with E-state index in [0.29, 0.717) is 5.92 Å². The summed E-state index contributed by atoms with van der Waals surface area (Å²) in [6.45, 7) is 0. The quantitative estimate of drug-likeness (QED) is 0.660. The molecule has 3 fully saturated rings. The average molecular weight is 244 g/mol. The molecule has 1 unspecified atom stereocenters. The predicted octanol–water partition coefficient (Wildman–Crippen LogP) is 3.53. The van der Waals surface area contributed by atoms with Crippen LogP contribution in [0, 0.1) is 11.3 Å². The van der Waals surface area contributed by atoms with Gasteiger partial charge in [0.2, 0.25) is 0 Å². The molecule has 0 bridgehead atoms. The third-order valence-electron chi connectivity index (χ3n) is 5.61. The topological polar surface area (TPSA) is 26.3 Å². The van der Waals surface area contributed by atoms with Gasteiger partial charge < -0.3 is 4.74 Å². The molecular weight excluding hydrogens is 224 g/mol. The second-order valence-corrected chi connectivity index (χ2v) is 6.30. The van der Waals surface area contributed by atoms with E-state index in [9.17, 15) is 4.79 Å². The number of hydrogen-bond donors (Lipinski definition) is 0. The zero-order chi connectivity index (χ0) is 12.3. The number of esters is 1. The Morgan fingerprint density at radius 2 is 1.94 bits per heavy atom. The maximum absolute atomic E-state index is 12.3. The fourth-order valence-electron chi connectivity index (χ4n) is 4.83. The zero-order valence-electron chi connectivity index (χ0n) is 11.1. The van der Waals surface area contributed by atoms with Crippen LogP contribution in [0.3, 0.4) is 0 Å². The first-order chi connectivity index (χ1) is 8.78. The molecule has 2 heteroatoms. The fraction of sp³-hybridized carbons (Fsp3) is 0.688. The number of allylic oxidation sites excluding steroid dienone is 3. The van der Waals surface area contributed by atoms with Gasteiger partial charge in [0.25, 0.3) is 0 Å². The van der Waals surface area contributed by atoms with Gasteiger partial charge in [0, 0.05) is 11.0 Å². The van der Waals surface area contributed by atoms with Crippen LogP contribution in [-0.2, 0) is 9.53 Å². The molecule has 1 atom stereocenters. The molecule has 0 N–H and O–H groups in total. The summed E-state index contributed by atoms with van der Waals surface area (Å²) < 4.78 is 5.10. The van der Waals surface area contributed by atoms with Crippen molar-refractivity contribution in [1.82, 2.24) is 0 Å². The summed E-state index contributed by atoms with van der Waals surface area (Å²) in [5, 5.41) is 0. The normalized spacial score (nSPS) is 31.7. The second kappa shape index (κ2) is 3.49. The maximum atomic E-state index is 12.3. The lowest BCUT2D eigenvalue weighted by molar-refractivity contribution is -0.137. The molecule has 1 spiro atoms. The Kier molecular flexibility index (Phi) is 2.10. The van der Waals surface area contributed by atoms with Gasteiger partial charge >= 0.3 is 5.97 Å². The van der Waals surface area contributed by atoms with Gasteiger partial charge in [-0.2, -0.15) is 0 Å². The van der Waals surface area contributed by atoms with Gasteiger partial charge in [0.15, 0.2) is 0 Å². The molecule has 18 heavy (non-hydrogen) atoms. The summed E-state index contributed by atoms with van der Waals surface area (Å²) in [6, 6.07) is 0. The van der Waals surface area contributed by atoms with E-state index < -0.39 is 0 Å². The SMILES string of the molecule is COC(=O)C1=C2CCCC2=C2CCCC2C12CC2. The Balaban J connectivity index is 1.93. The van der Waals surface area contributed by atoms with E-state index in [2.05, 4.69) is 0 Å². The molecule has 0 aliphatic heterocycles. The van der Waals surface area contributed by atoms with E-state index in [0.717, 1.165) is 12.0 Å². The highest BCUT2D eigenvalue weighted by molar-refractivity contribution is 5.94. The van der Waals surface area contributed by atoms with Crippen LogP contribution in [0.15, 0.2) is 22.3 Å². The summed E-state index contributed by atoms with van der Waals surface area (Å²) in [4.78, 5) is 12.3. The highest BCUT2D eigenvalue weighted by atomic mass is 16.5. The minimum absolute atomic E-state index is 0.0344.